The molecule has 0 spiro atoms. The molecule has 3 amide bonds. The van der Waals surface area contributed by atoms with Gasteiger partial charge in [-0.3, -0.25) is 4.79 Å². The second-order valence-electron chi connectivity index (χ2n) is 7.91. The number of piperidine rings is 1. The summed E-state index contributed by atoms with van der Waals surface area (Å²) < 4.78 is 0. The van der Waals surface area contributed by atoms with Crippen molar-refractivity contribution >= 4 is 35.2 Å². The maximum absolute atomic E-state index is 13.1. The second kappa shape index (κ2) is 9.96. The number of rotatable bonds is 3. The van der Waals surface area contributed by atoms with Gasteiger partial charge in [0.1, 0.15) is 0 Å². The van der Waals surface area contributed by atoms with Crippen LogP contribution in [0.4, 0.5) is 16.4 Å². The van der Waals surface area contributed by atoms with Crippen molar-refractivity contribution in [3.05, 3.63) is 47.7 Å². The van der Waals surface area contributed by atoms with Crippen LogP contribution >= 0.6 is 11.6 Å². The summed E-state index contributed by atoms with van der Waals surface area (Å²) >= 11 is 5.90. The minimum atomic E-state index is -0.146. The molecule has 0 saturated carbocycles. The molecule has 0 atom stereocenters. The fourth-order valence-electron chi connectivity index (χ4n) is 4.12. The van der Waals surface area contributed by atoms with Gasteiger partial charge < -0.3 is 20.0 Å². The molecule has 0 unspecified atom stereocenters. The predicted molar refractivity (Wildman–Crippen MR) is 120 cm³/mol. The molecule has 1 aromatic carbocycles. The van der Waals surface area contributed by atoms with Gasteiger partial charge in [0, 0.05) is 68.3 Å². The molecule has 2 aliphatic rings. The first-order chi connectivity index (χ1) is 15.1. The normalized spacial score (nSPS) is 17.9. The number of hydrogen-bond acceptors (Lipinski definition) is 5. The molecule has 3 heterocycles. The van der Waals surface area contributed by atoms with E-state index in [1.807, 2.05) is 4.90 Å². The number of hydrogen-bond donors (Lipinski definition) is 1. The summed E-state index contributed by atoms with van der Waals surface area (Å²) in [7, 11) is 0. The van der Waals surface area contributed by atoms with Crippen LogP contribution in [-0.2, 0) is 4.79 Å². The topological polar surface area (TPSA) is 81.7 Å². The van der Waals surface area contributed by atoms with Crippen LogP contribution in [0.15, 0.2) is 42.7 Å². The van der Waals surface area contributed by atoms with Crippen LogP contribution in [0.3, 0.4) is 0 Å². The number of halogens is 1. The van der Waals surface area contributed by atoms with Gasteiger partial charge in [0.25, 0.3) is 0 Å². The molecule has 164 valence electrons. The van der Waals surface area contributed by atoms with E-state index in [1.54, 1.807) is 47.6 Å². The van der Waals surface area contributed by atoms with E-state index < -0.39 is 0 Å². The van der Waals surface area contributed by atoms with Crippen LogP contribution in [0.25, 0.3) is 0 Å². The van der Waals surface area contributed by atoms with Crippen molar-refractivity contribution in [1.82, 2.24) is 19.8 Å². The lowest BCUT2D eigenvalue weighted by molar-refractivity contribution is -0.136. The van der Waals surface area contributed by atoms with Crippen molar-refractivity contribution in [2.24, 2.45) is 5.92 Å². The Bertz CT molecular complexity index is 887. The highest BCUT2D eigenvalue weighted by Gasteiger charge is 2.30. The van der Waals surface area contributed by atoms with Crippen molar-refractivity contribution in [3.63, 3.8) is 0 Å². The number of carbonyl (C=O) groups is 2. The molecule has 0 bridgehead atoms. The zero-order valence-corrected chi connectivity index (χ0v) is 18.2. The van der Waals surface area contributed by atoms with Crippen molar-refractivity contribution in [1.29, 1.82) is 0 Å². The molecule has 8 nitrogen and oxygen atoms in total. The zero-order valence-electron chi connectivity index (χ0n) is 17.4. The molecule has 2 saturated heterocycles. The monoisotopic (exact) mass is 442 g/mol. The molecule has 9 heteroatoms. The van der Waals surface area contributed by atoms with Crippen LogP contribution in [0.2, 0.25) is 5.02 Å². The van der Waals surface area contributed by atoms with Gasteiger partial charge in [-0.15, -0.1) is 0 Å². The van der Waals surface area contributed by atoms with E-state index in [9.17, 15) is 9.59 Å². The number of aromatic nitrogens is 2. The van der Waals surface area contributed by atoms with E-state index >= 15 is 0 Å². The van der Waals surface area contributed by atoms with Crippen LogP contribution in [0.1, 0.15) is 19.3 Å². The Morgan fingerprint density at radius 1 is 0.903 bits per heavy atom. The van der Waals surface area contributed by atoms with Crippen molar-refractivity contribution in [3.8, 4) is 0 Å². The van der Waals surface area contributed by atoms with Crippen LogP contribution in [-0.4, -0.2) is 71.0 Å². The van der Waals surface area contributed by atoms with Gasteiger partial charge in [0.2, 0.25) is 11.9 Å². The molecule has 2 aromatic rings. The van der Waals surface area contributed by atoms with Gasteiger partial charge >= 0.3 is 6.03 Å². The summed E-state index contributed by atoms with van der Waals surface area (Å²) in [5, 5.41) is 3.53. The molecule has 31 heavy (non-hydrogen) atoms. The average molecular weight is 443 g/mol. The van der Waals surface area contributed by atoms with Crippen molar-refractivity contribution < 1.29 is 9.59 Å². The Morgan fingerprint density at radius 3 is 2.26 bits per heavy atom. The molecule has 2 aliphatic heterocycles. The Labute approximate surface area is 187 Å². The Balaban J connectivity index is 1.27. The Morgan fingerprint density at radius 2 is 1.55 bits per heavy atom. The van der Waals surface area contributed by atoms with Crippen LogP contribution in [0.5, 0.6) is 0 Å². The summed E-state index contributed by atoms with van der Waals surface area (Å²) in [5.74, 6) is 0.952. The second-order valence-corrected chi connectivity index (χ2v) is 8.35. The molecule has 0 aliphatic carbocycles. The van der Waals surface area contributed by atoms with Crippen LogP contribution in [0, 0.1) is 5.92 Å². The first-order valence-corrected chi connectivity index (χ1v) is 11.1. The summed E-state index contributed by atoms with van der Waals surface area (Å²) in [5.41, 5.74) is 0.709. The lowest BCUT2D eigenvalue weighted by Crippen LogP contribution is -2.44. The SMILES string of the molecule is O=C(Nc1ccc(Cl)cc1)N1CCCN(C(=O)C2CCN(c3ncccn3)CC2)CC1. The third-order valence-corrected chi connectivity index (χ3v) is 6.12. The Kier molecular flexibility index (Phi) is 6.86. The molecular weight excluding hydrogens is 416 g/mol. The summed E-state index contributed by atoms with van der Waals surface area (Å²) in [4.78, 5) is 40.1. The summed E-state index contributed by atoms with van der Waals surface area (Å²) in [6.45, 7) is 3.98. The smallest absolute Gasteiger partial charge is 0.321 e. The lowest BCUT2D eigenvalue weighted by Gasteiger charge is -2.34. The lowest BCUT2D eigenvalue weighted by atomic mass is 9.95. The number of amides is 3. The molecule has 0 radical (unpaired) electrons. The molecule has 2 fully saturated rings. The first-order valence-electron chi connectivity index (χ1n) is 10.7. The third-order valence-electron chi connectivity index (χ3n) is 5.87. The molecule has 1 aromatic heterocycles. The van der Waals surface area contributed by atoms with Gasteiger partial charge in [-0.2, -0.15) is 0 Å². The highest BCUT2D eigenvalue weighted by atomic mass is 35.5. The number of nitrogens with one attached hydrogen (secondary N) is 1. The first kappa shape index (κ1) is 21.4. The van der Waals surface area contributed by atoms with Gasteiger partial charge in [0.15, 0.2) is 0 Å². The summed E-state index contributed by atoms with van der Waals surface area (Å²) in [6.07, 6.45) is 5.86. The summed E-state index contributed by atoms with van der Waals surface area (Å²) in [6, 6.07) is 8.71. The molecule has 1 N–H and O–H groups in total. The minimum absolute atomic E-state index is 0.0226. The van der Waals surface area contributed by atoms with Crippen molar-refractivity contribution in [2.75, 3.05) is 49.5 Å². The number of benzene rings is 1. The largest absolute Gasteiger partial charge is 0.341 e. The average Bonchev–Trinajstić information content (AvgIpc) is 3.07. The number of anilines is 2. The molecular formula is C22H27ClN6O2. The van der Waals surface area contributed by atoms with E-state index in [0.29, 0.717) is 36.9 Å². The van der Waals surface area contributed by atoms with E-state index in [4.69, 9.17) is 11.6 Å². The quantitative estimate of drug-likeness (QED) is 0.789. The fraction of sp³-hybridized carbons (Fsp3) is 0.455. The highest BCUT2D eigenvalue weighted by molar-refractivity contribution is 6.30. The Hall–Kier alpha value is -2.87. The fourth-order valence-corrected chi connectivity index (χ4v) is 4.24. The van der Waals surface area contributed by atoms with Gasteiger partial charge in [0.05, 0.1) is 0 Å². The van der Waals surface area contributed by atoms with Gasteiger partial charge in [-0.1, -0.05) is 11.6 Å². The van der Waals surface area contributed by atoms with E-state index in [1.165, 1.54) is 0 Å². The van der Waals surface area contributed by atoms with Gasteiger partial charge in [-0.05, 0) is 49.6 Å². The molecule has 4 rings (SSSR count). The standard InChI is InChI=1S/C22H27ClN6O2/c23-18-3-5-19(6-4-18)26-22(31)29-12-2-11-27(15-16-29)20(30)17-7-13-28(14-8-17)21-24-9-1-10-25-21/h1,3-6,9-10,17H,2,7-8,11-16H2,(H,26,31). The number of nitrogens with zero attached hydrogens (tertiary/aromatic N) is 5. The van der Waals surface area contributed by atoms with Gasteiger partial charge in [-0.25, -0.2) is 14.8 Å². The van der Waals surface area contributed by atoms with E-state index in [0.717, 1.165) is 38.3 Å². The van der Waals surface area contributed by atoms with E-state index in [-0.39, 0.29) is 17.9 Å². The number of carbonyl (C=O) groups excluding carboxylic acids is 2. The third kappa shape index (κ3) is 5.44. The maximum Gasteiger partial charge on any atom is 0.321 e. The van der Waals surface area contributed by atoms with E-state index in [2.05, 4.69) is 20.2 Å². The number of urea groups is 1. The van der Waals surface area contributed by atoms with Crippen molar-refractivity contribution in [2.45, 2.75) is 19.3 Å². The minimum Gasteiger partial charge on any atom is -0.341 e. The predicted octanol–water partition coefficient (Wildman–Crippen LogP) is 3.11. The highest BCUT2D eigenvalue weighted by Crippen LogP contribution is 2.23. The van der Waals surface area contributed by atoms with Crippen LogP contribution < -0.4 is 10.2 Å². The maximum atomic E-state index is 13.1. The zero-order chi connectivity index (χ0) is 21.6.